The van der Waals surface area contributed by atoms with Gasteiger partial charge in [-0.2, -0.15) is 0 Å². The lowest BCUT2D eigenvalue weighted by Gasteiger charge is -2.23. The quantitative estimate of drug-likeness (QED) is 0.732. The molecule has 3 heteroatoms. The summed E-state index contributed by atoms with van der Waals surface area (Å²) < 4.78 is 5.78. The topological polar surface area (TPSA) is 34.1 Å². The third-order valence-corrected chi connectivity index (χ3v) is 2.49. The van der Waals surface area contributed by atoms with E-state index in [1.807, 2.05) is 12.1 Å². The summed E-state index contributed by atoms with van der Waals surface area (Å²) in [5, 5.41) is 3.29. The number of terminal acetylenes is 1. The highest BCUT2D eigenvalue weighted by atomic mass is 16.5. The van der Waals surface area contributed by atoms with E-state index in [1.54, 1.807) is 6.20 Å². The fraction of sp³-hybridized carbons (Fsp3) is 0.417. The molecule has 0 unspecified atom stereocenters. The predicted octanol–water partition coefficient (Wildman–Crippen LogP) is 1.19. The summed E-state index contributed by atoms with van der Waals surface area (Å²) in [5.74, 6) is 3.17. The van der Waals surface area contributed by atoms with Gasteiger partial charge in [0.1, 0.15) is 6.10 Å². The molecule has 0 saturated carbocycles. The van der Waals surface area contributed by atoms with E-state index < -0.39 is 0 Å². The molecule has 15 heavy (non-hydrogen) atoms. The first-order valence-electron chi connectivity index (χ1n) is 5.19. The Kier molecular flexibility index (Phi) is 3.21. The molecular formula is C12H14N2O. The van der Waals surface area contributed by atoms with Crippen molar-refractivity contribution in [2.24, 2.45) is 0 Å². The Balaban J connectivity index is 2.06. The molecule has 1 saturated heterocycles. The van der Waals surface area contributed by atoms with Gasteiger partial charge in [0.2, 0.25) is 5.88 Å². The molecule has 0 spiro atoms. The van der Waals surface area contributed by atoms with Crippen molar-refractivity contribution in [3.63, 3.8) is 0 Å². The van der Waals surface area contributed by atoms with Crippen molar-refractivity contribution in [3.05, 3.63) is 23.9 Å². The van der Waals surface area contributed by atoms with Gasteiger partial charge in [-0.05, 0) is 38.1 Å². The largest absolute Gasteiger partial charge is 0.473 e. The van der Waals surface area contributed by atoms with Crippen LogP contribution in [0.3, 0.4) is 0 Å². The summed E-state index contributed by atoms with van der Waals surface area (Å²) in [4.78, 5) is 4.16. The molecule has 1 aromatic rings. The third kappa shape index (κ3) is 2.48. The Labute approximate surface area is 89.9 Å². The summed E-state index contributed by atoms with van der Waals surface area (Å²) >= 11 is 0. The Bertz CT molecular complexity index is 364. The van der Waals surface area contributed by atoms with Gasteiger partial charge in [0, 0.05) is 6.20 Å². The van der Waals surface area contributed by atoms with Crippen LogP contribution in [0.4, 0.5) is 0 Å². The van der Waals surface area contributed by atoms with E-state index in [0.29, 0.717) is 5.88 Å². The van der Waals surface area contributed by atoms with Crippen molar-refractivity contribution >= 4 is 0 Å². The number of rotatable bonds is 2. The fourth-order valence-electron chi connectivity index (χ4n) is 1.67. The maximum absolute atomic E-state index is 5.78. The number of ether oxygens (including phenoxy) is 1. The van der Waals surface area contributed by atoms with Gasteiger partial charge in [-0.25, -0.2) is 4.98 Å². The van der Waals surface area contributed by atoms with E-state index in [4.69, 9.17) is 11.2 Å². The first kappa shape index (κ1) is 10.0. The van der Waals surface area contributed by atoms with Gasteiger partial charge >= 0.3 is 0 Å². The normalized spacial score (nSPS) is 17.0. The van der Waals surface area contributed by atoms with Gasteiger partial charge in [0.25, 0.3) is 0 Å². The standard InChI is InChI=1S/C12H14N2O/c1-2-10-4-3-7-14-12(10)15-11-5-8-13-9-6-11/h1,3-4,7,11,13H,5-6,8-9H2. The average molecular weight is 202 g/mol. The number of pyridine rings is 1. The molecule has 1 fully saturated rings. The minimum absolute atomic E-state index is 0.244. The fourth-order valence-corrected chi connectivity index (χ4v) is 1.67. The first-order chi connectivity index (χ1) is 7.40. The van der Waals surface area contributed by atoms with E-state index in [1.165, 1.54) is 0 Å². The molecule has 0 aliphatic carbocycles. The van der Waals surface area contributed by atoms with Crippen LogP contribution in [0.1, 0.15) is 18.4 Å². The number of nitrogens with one attached hydrogen (secondary N) is 1. The lowest BCUT2D eigenvalue weighted by atomic mass is 10.1. The zero-order valence-corrected chi connectivity index (χ0v) is 8.57. The average Bonchev–Trinajstić information content (AvgIpc) is 2.31. The molecule has 0 amide bonds. The Morgan fingerprint density at radius 1 is 1.47 bits per heavy atom. The lowest BCUT2D eigenvalue weighted by Crippen LogP contribution is -2.34. The molecule has 0 radical (unpaired) electrons. The van der Waals surface area contributed by atoms with Crippen LogP contribution in [0.25, 0.3) is 0 Å². The van der Waals surface area contributed by atoms with E-state index in [9.17, 15) is 0 Å². The zero-order valence-electron chi connectivity index (χ0n) is 8.57. The Morgan fingerprint density at radius 3 is 3.00 bits per heavy atom. The van der Waals surface area contributed by atoms with Crippen LogP contribution in [0.2, 0.25) is 0 Å². The van der Waals surface area contributed by atoms with Gasteiger partial charge in [-0.1, -0.05) is 5.92 Å². The number of piperidine rings is 1. The van der Waals surface area contributed by atoms with Crippen molar-refractivity contribution in [3.8, 4) is 18.2 Å². The second kappa shape index (κ2) is 4.81. The SMILES string of the molecule is C#Cc1cccnc1OC1CCNCC1. The highest BCUT2D eigenvalue weighted by Gasteiger charge is 2.16. The second-order valence-electron chi connectivity index (χ2n) is 3.57. The molecule has 1 N–H and O–H groups in total. The van der Waals surface area contributed by atoms with Crippen molar-refractivity contribution in [2.45, 2.75) is 18.9 Å². The molecule has 0 bridgehead atoms. The predicted molar refractivity (Wildman–Crippen MR) is 58.7 cm³/mol. The Hall–Kier alpha value is -1.53. The summed E-state index contributed by atoms with van der Waals surface area (Å²) in [7, 11) is 0. The van der Waals surface area contributed by atoms with Crippen LogP contribution in [-0.2, 0) is 0 Å². The number of hydrogen-bond acceptors (Lipinski definition) is 3. The van der Waals surface area contributed by atoms with Crippen molar-refractivity contribution < 1.29 is 4.74 Å². The van der Waals surface area contributed by atoms with Gasteiger partial charge in [0.15, 0.2) is 0 Å². The highest BCUT2D eigenvalue weighted by Crippen LogP contribution is 2.17. The van der Waals surface area contributed by atoms with Crippen molar-refractivity contribution in [1.82, 2.24) is 10.3 Å². The number of aromatic nitrogens is 1. The summed E-state index contributed by atoms with van der Waals surface area (Å²) in [6.07, 6.45) is 9.35. The minimum Gasteiger partial charge on any atom is -0.473 e. The van der Waals surface area contributed by atoms with E-state index in [-0.39, 0.29) is 6.10 Å². The maximum Gasteiger partial charge on any atom is 0.229 e. The van der Waals surface area contributed by atoms with Crippen LogP contribution < -0.4 is 10.1 Å². The van der Waals surface area contributed by atoms with E-state index in [2.05, 4.69) is 16.2 Å². The van der Waals surface area contributed by atoms with Crippen molar-refractivity contribution in [1.29, 1.82) is 0 Å². The van der Waals surface area contributed by atoms with Crippen LogP contribution >= 0.6 is 0 Å². The maximum atomic E-state index is 5.78. The minimum atomic E-state index is 0.244. The summed E-state index contributed by atoms with van der Waals surface area (Å²) in [6.45, 7) is 2.01. The number of hydrogen-bond donors (Lipinski definition) is 1. The van der Waals surface area contributed by atoms with E-state index in [0.717, 1.165) is 31.5 Å². The van der Waals surface area contributed by atoms with Crippen LogP contribution in [-0.4, -0.2) is 24.2 Å². The van der Waals surface area contributed by atoms with Crippen LogP contribution in [0, 0.1) is 12.3 Å². The second-order valence-corrected chi connectivity index (χ2v) is 3.57. The third-order valence-electron chi connectivity index (χ3n) is 2.49. The molecule has 1 aliphatic heterocycles. The molecule has 3 nitrogen and oxygen atoms in total. The van der Waals surface area contributed by atoms with Gasteiger partial charge in [-0.3, -0.25) is 0 Å². The van der Waals surface area contributed by atoms with Crippen LogP contribution in [0.5, 0.6) is 5.88 Å². The van der Waals surface area contributed by atoms with Crippen LogP contribution in [0.15, 0.2) is 18.3 Å². The molecular weight excluding hydrogens is 188 g/mol. The molecule has 1 aromatic heterocycles. The number of nitrogens with zero attached hydrogens (tertiary/aromatic N) is 1. The molecule has 78 valence electrons. The smallest absolute Gasteiger partial charge is 0.229 e. The van der Waals surface area contributed by atoms with E-state index >= 15 is 0 Å². The molecule has 2 heterocycles. The Morgan fingerprint density at radius 2 is 2.27 bits per heavy atom. The monoisotopic (exact) mass is 202 g/mol. The molecule has 1 aliphatic rings. The van der Waals surface area contributed by atoms with Gasteiger partial charge < -0.3 is 10.1 Å². The zero-order chi connectivity index (χ0) is 10.5. The highest BCUT2D eigenvalue weighted by molar-refractivity contribution is 5.39. The van der Waals surface area contributed by atoms with Gasteiger partial charge in [-0.15, -0.1) is 6.42 Å². The molecule has 2 rings (SSSR count). The first-order valence-corrected chi connectivity index (χ1v) is 5.19. The summed E-state index contributed by atoms with van der Waals surface area (Å²) in [5.41, 5.74) is 0.732. The summed E-state index contributed by atoms with van der Waals surface area (Å²) in [6, 6.07) is 3.67. The van der Waals surface area contributed by atoms with Gasteiger partial charge in [0.05, 0.1) is 5.56 Å². The molecule has 0 atom stereocenters. The lowest BCUT2D eigenvalue weighted by molar-refractivity contribution is 0.155. The molecule has 0 aromatic carbocycles. The van der Waals surface area contributed by atoms with Crippen molar-refractivity contribution in [2.75, 3.05) is 13.1 Å².